The Balaban J connectivity index is 2.27. The van der Waals surface area contributed by atoms with Gasteiger partial charge in [0.2, 0.25) is 5.91 Å². The van der Waals surface area contributed by atoms with Crippen molar-refractivity contribution in [2.75, 3.05) is 13.2 Å². The molecule has 9 atom stereocenters. The summed E-state index contributed by atoms with van der Waals surface area (Å²) in [5.41, 5.74) is 0. The Morgan fingerprint density at radius 3 is 1.11 bits per heavy atom. The summed E-state index contributed by atoms with van der Waals surface area (Å²) in [6.07, 6.45) is 63.3. The molecule has 80 heavy (non-hydrogen) atoms. The van der Waals surface area contributed by atoms with Crippen LogP contribution in [0.2, 0.25) is 0 Å². The van der Waals surface area contributed by atoms with Crippen LogP contribution in [-0.2, 0) is 14.3 Å². The quantitative estimate of drug-likeness (QED) is 0.0215. The first kappa shape index (κ1) is 76.1. The van der Waals surface area contributed by atoms with Gasteiger partial charge in [-0.15, -0.1) is 0 Å². The van der Waals surface area contributed by atoms with E-state index in [9.17, 15) is 40.5 Å². The van der Waals surface area contributed by atoms with E-state index in [2.05, 4.69) is 67.8 Å². The van der Waals surface area contributed by atoms with Crippen LogP contribution in [-0.4, -0.2) is 110 Å². The lowest BCUT2D eigenvalue weighted by atomic mass is 9.98. The number of carbonyl (C=O) groups is 1. The first-order valence-electron chi connectivity index (χ1n) is 34.0. The Hall–Kier alpha value is -1.93. The van der Waals surface area contributed by atoms with Crippen molar-refractivity contribution >= 4 is 5.91 Å². The Morgan fingerprint density at radius 1 is 0.425 bits per heavy atom. The van der Waals surface area contributed by atoms with Crippen LogP contribution in [0.4, 0.5) is 0 Å². The van der Waals surface area contributed by atoms with Gasteiger partial charge < -0.3 is 50.5 Å². The van der Waals surface area contributed by atoms with E-state index < -0.39 is 74.2 Å². The summed E-state index contributed by atoms with van der Waals surface area (Å²) in [7, 11) is 0. The smallest absolute Gasteiger partial charge is 0.249 e. The van der Waals surface area contributed by atoms with Gasteiger partial charge in [-0.05, 0) is 89.9 Å². The summed E-state index contributed by atoms with van der Waals surface area (Å²) in [6, 6.07) is -1.20. The molecule has 0 aromatic heterocycles. The predicted octanol–water partition coefficient (Wildman–Crippen LogP) is 16.0. The third kappa shape index (κ3) is 44.6. The van der Waals surface area contributed by atoms with Crippen LogP contribution < -0.4 is 5.32 Å². The third-order valence-corrected chi connectivity index (χ3v) is 16.3. The summed E-state index contributed by atoms with van der Waals surface area (Å²) in [5, 5.41) is 76.4. The molecule has 0 bridgehead atoms. The molecule has 11 nitrogen and oxygen atoms in total. The van der Waals surface area contributed by atoms with E-state index in [1.54, 1.807) is 0 Å². The SMILES string of the molecule is CCCCCCCCCCCCCC/C=C\CCCCCCCCCCCCCC(O)C(=O)NC(COC1OC(CO)C(O)C(O)C1O)C(O)C(O)CCC/C=C/CC/C=C/CC/C=C/CCCCCCCCCCCCCCC. The minimum Gasteiger partial charge on any atom is -0.394 e. The maximum absolute atomic E-state index is 13.2. The number of ether oxygens (including phenoxy) is 2. The van der Waals surface area contributed by atoms with Crippen LogP contribution in [0.25, 0.3) is 0 Å². The standard InChI is InChI=1S/C69H129NO10/c1-3-5-7-9-11-13-15-17-19-21-23-25-27-29-31-33-35-37-39-41-43-45-47-49-51-53-55-57-62(73)68(78)70-60(59-79-69-67(77)66(76)65(75)63(58-71)80-69)64(74)61(72)56-54-52-50-48-46-44-42-40-38-36-34-32-30-28-26-24-22-20-18-16-14-12-10-8-6-4-2/h29,31-32,34,40,42,48,50,60-67,69,71-77H,3-28,30,33,35-39,41,43-47,49,51-59H2,1-2H3,(H,70,78)/b31-29-,34-32+,42-40+,50-48+. The zero-order valence-corrected chi connectivity index (χ0v) is 51.8. The average Bonchev–Trinajstić information content (AvgIpc) is 3.47. The second kappa shape index (κ2) is 57.5. The topological polar surface area (TPSA) is 189 Å². The zero-order chi connectivity index (χ0) is 58.2. The molecule has 9 unspecified atom stereocenters. The predicted molar refractivity (Wildman–Crippen MR) is 335 cm³/mol. The molecule has 1 rings (SSSR count). The number of carbonyl (C=O) groups excluding carboxylic acids is 1. The van der Waals surface area contributed by atoms with Gasteiger partial charge in [-0.2, -0.15) is 0 Å². The van der Waals surface area contributed by atoms with Crippen molar-refractivity contribution in [1.82, 2.24) is 5.32 Å². The van der Waals surface area contributed by atoms with E-state index in [-0.39, 0.29) is 12.8 Å². The van der Waals surface area contributed by atoms with Crippen molar-refractivity contribution in [3.05, 3.63) is 48.6 Å². The monoisotopic (exact) mass is 1130 g/mol. The van der Waals surface area contributed by atoms with Gasteiger partial charge in [-0.3, -0.25) is 4.79 Å². The Labute approximate surface area is 491 Å². The highest BCUT2D eigenvalue weighted by Crippen LogP contribution is 2.24. The van der Waals surface area contributed by atoms with Crippen molar-refractivity contribution in [3.8, 4) is 0 Å². The Kier molecular flexibility index (Phi) is 54.7. The van der Waals surface area contributed by atoms with Crippen LogP contribution >= 0.6 is 0 Å². The summed E-state index contributed by atoms with van der Waals surface area (Å²) in [4.78, 5) is 13.2. The van der Waals surface area contributed by atoms with E-state index in [0.29, 0.717) is 19.3 Å². The molecule has 1 saturated heterocycles. The van der Waals surface area contributed by atoms with Gasteiger partial charge in [-0.25, -0.2) is 0 Å². The van der Waals surface area contributed by atoms with Crippen LogP contribution in [0.3, 0.4) is 0 Å². The minimum atomic E-state index is -1.68. The molecule has 1 fully saturated rings. The van der Waals surface area contributed by atoms with Crippen LogP contribution in [0, 0.1) is 0 Å². The number of allylic oxidation sites excluding steroid dienone is 8. The fourth-order valence-corrected chi connectivity index (χ4v) is 10.8. The lowest BCUT2D eigenvalue weighted by Gasteiger charge is -2.40. The number of rotatable bonds is 59. The highest BCUT2D eigenvalue weighted by Gasteiger charge is 2.44. The molecule has 0 aromatic rings. The molecule has 1 amide bonds. The van der Waals surface area contributed by atoms with Gasteiger partial charge in [0.1, 0.15) is 36.6 Å². The number of hydrogen-bond acceptors (Lipinski definition) is 10. The number of aliphatic hydroxyl groups is 7. The molecule has 11 heteroatoms. The van der Waals surface area contributed by atoms with E-state index in [1.807, 2.05) is 0 Å². The molecule has 0 spiro atoms. The Bertz CT molecular complexity index is 1440. The largest absolute Gasteiger partial charge is 0.394 e. The van der Waals surface area contributed by atoms with E-state index in [1.165, 1.54) is 225 Å². The fraction of sp³-hybridized carbons (Fsp3) is 0.870. The van der Waals surface area contributed by atoms with Gasteiger partial charge >= 0.3 is 0 Å². The molecular formula is C69H129NO10. The number of aliphatic hydroxyl groups excluding tert-OH is 7. The third-order valence-electron chi connectivity index (χ3n) is 16.3. The molecule has 1 heterocycles. The maximum Gasteiger partial charge on any atom is 0.249 e. The van der Waals surface area contributed by atoms with Gasteiger partial charge in [0, 0.05) is 0 Å². The second-order valence-corrected chi connectivity index (χ2v) is 23.9. The van der Waals surface area contributed by atoms with Crippen molar-refractivity contribution < 1.29 is 50.0 Å². The van der Waals surface area contributed by atoms with Gasteiger partial charge in [0.15, 0.2) is 6.29 Å². The lowest BCUT2D eigenvalue weighted by Crippen LogP contribution is -2.60. The first-order valence-corrected chi connectivity index (χ1v) is 34.0. The molecular weight excluding hydrogens is 1000 g/mol. The molecule has 470 valence electrons. The number of unbranched alkanes of at least 4 members (excludes halogenated alkanes) is 39. The average molecular weight is 1130 g/mol. The normalized spacial score (nSPS) is 19.5. The Morgan fingerprint density at radius 2 is 0.750 bits per heavy atom. The minimum absolute atomic E-state index is 0.241. The summed E-state index contributed by atoms with van der Waals surface area (Å²) < 4.78 is 11.2. The van der Waals surface area contributed by atoms with Crippen molar-refractivity contribution in [2.45, 2.75) is 371 Å². The fourth-order valence-electron chi connectivity index (χ4n) is 10.8. The van der Waals surface area contributed by atoms with Gasteiger partial charge in [0.25, 0.3) is 0 Å². The van der Waals surface area contributed by atoms with Crippen LogP contribution in [0.1, 0.15) is 316 Å². The number of amides is 1. The highest BCUT2D eigenvalue weighted by atomic mass is 16.7. The van der Waals surface area contributed by atoms with Crippen LogP contribution in [0.15, 0.2) is 48.6 Å². The van der Waals surface area contributed by atoms with Crippen molar-refractivity contribution in [1.29, 1.82) is 0 Å². The van der Waals surface area contributed by atoms with Crippen molar-refractivity contribution in [3.63, 3.8) is 0 Å². The lowest BCUT2D eigenvalue weighted by molar-refractivity contribution is -0.303. The van der Waals surface area contributed by atoms with Crippen LogP contribution in [0.5, 0.6) is 0 Å². The summed E-state index contributed by atoms with van der Waals surface area (Å²) in [6.45, 7) is 3.48. The molecule has 8 N–H and O–H groups in total. The van der Waals surface area contributed by atoms with E-state index in [0.717, 1.165) is 44.9 Å². The molecule has 0 saturated carbocycles. The van der Waals surface area contributed by atoms with E-state index >= 15 is 0 Å². The van der Waals surface area contributed by atoms with E-state index in [4.69, 9.17) is 9.47 Å². The second-order valence-electron chi connectivity index (χ2n) is 23.9. The summed E-state index contributed by atoms with van der Waals surface area (Å²) in [5.74, 6) is -0.710. The molecule has 0 radical (unpaired) electrons. The number of nitrogens with one attached hydrogen (secondary N) is 1. The zero-order valence-electron chi connectivity index (χ0n) is 51.8. The maximum atomic E-state index is 13.2. The highest BCUT2D eigenvalue weighted by molar-refractivity contribution is 5.80. The first-order chi connectivity index (χ1) is 39.2. The number of hydrogen-bond donors (Lipinski definition) is 8. The summed E-state index contributed by atoms with van der Waals surface area (Å²) >= 11 is 0. The van der Waals surface area contributed by atoms with Crippen molar-refractivity contribution in [2.24, 2.45) is 0 Å². The molecule has 1 aliphatic rings. The molecule has 1 aliphatic heterocycles. The molecule has 0 aliphatic carbocycles. The van der Waals surface area contributed by atoms with Gasteiger partial charge in [0.05, 0.1) is 25.4 Å². The van der Waals surface area contributed by atoms with Gasteiger partial charge in [-0.1, -0.05) is 274 Å². The molecule has 0 aromatic carbocycles.